The first-order chi connectivity index (χ1) is 20.2. The van der Waals surface area contributed by atoms with Crippen LogP contribution in [0.5, 0.6) is 5.75 Å². The Kier molecular flexibility index (Phi) is 11.2. The molecule has 0 spiro atoms. The number of carbonyl (C=O) groups excluding carboxylic acids is 2. The van der Waals surface area contributed by atoms with Crippen molar-refractivity contribution >= 4 is 28.8 Å². The van der Waals surface area contributed by atoms with Crippen molar-refractivity contribution in [3.05, 3.63) is 53.7 Å². The summed E-state index contributed by atoms with van der Waals surface area (Å²) in [5.41, 5.74) is 2.37. The summed E-state index contributed by atoms with van der Waals surface area (Å²) in [6.45, 7) is 13.6. The molecule has 0 saturated carbocycles. The summed E-state index contributed by atoms with van der Waals surface area (Å²) in [6.07, 6.45) is 7.35. The van der Waals surface area contributed by atoms with E-state index in [9.17, 15) is 9.59 Å². The third kappa shape index (κ3) is 8.47. The fourth-order valence-corrected chi connectivity index (χ4v) is 5.23. The third-order valence-corrected chi connectivity index (χ3v) is 7.86. The van der Waals surface area contributed by atoms with E-state index >= 15 is 0 Å². The molecule has 1 aliphatic heterocycles. The molecular weight excluding hydrogens is 528 g/mol. The van der Waals surface area contributed by atoms with E-state index in [1.54, 1.807) is 23.9 Å². The van der Waals surface area contributed by atoms with Crippen molar-refractivity contribution in [1.82, 2.24) is 24.7 Å². The van der Waals surface area contributed by atoms with Gasteiger partial charge in [-0.3, -0.25) is 9.59 Å². The van der Waals surface area contributed by atoms with Crippen LogP contribution in [0.2, 0.25) is 0 Å². The van der Waals surface area contributed by atoms with Gasteiger partial charge in [-0.2, -0.15) is 0 Å². The highest BCUT2D eigenvalue weighted by Crippen LogP contribution is 2.27. The molecule has 228 valence electrons. The second kappa shape index (κ2) is 15.0. The van der Waals surface area contributed by atoms with Crippen molar-refractivity contribution in [1.29, 1.82) is 0 Å². The van der Waals surface area contributed by atoms with E-state index < -0.39 is 0 Å². The molecule has 0 radical (unpaired) electrons. The van der Waals surface area contributed by atoms with Crippen LogP contribution in [0, 0.1) is 11.8 Å². The van der Waals surface area contributed by atoms with E-state index in [1.807, 2.05) is 35.2 Å². The largest absolute Gasteiger partial charge is 0.497 e. The monoisotopic (exact) mass is 576 g/mol. The molecule has 1 aliphatic rings. The van der Waals surface area contributed by atoms with Crippen LogP contribution in [0.15, 0.2) is 42.6 Å². The van der Waals surface area contributed by atoms with Crippen molar-refractivity contribution in [3.63, 3.8) is 0 Å². The molecule has 1 saturated heterocycles. The fraction of sp³-hybridized carbons (Fsp3) is 0.545. The average Bonchev–Trinajstić information content (AvgIpc) is 3.34. The second-order valence-electron chi connectivity index (χ2n) is 12.1. The molecule has 1 aromatic carbocycles. The third-order valence-electron chi connectivity index (χ3n) is 7.86. The lowest BCUT2D eigenvalue weighted by Gasteiger charge is -2.26. The van der Waals surface area contributed by atoms with E-state index in [2.05, 4.69) is 43.2 Å². The number of anilines is 2. The Balaban J connectivity index is 1.63. The van der Waals surface area contributed by atoms with Crippen LogP contribution in [-0.4, -0.2) is 77.6 Å². The summed E-state index contributed by atoms with van der Waals surface area (Å²) in [7, 11) is 1.63. The highest BCUT2D eigenvalue weighted by molar-refractivity contribution is 6.07. The van der Waals surface area contributed by atoms with Gasteiger partial charge >= 0.3 is 0 Å². The molecule has 9 heteroatoms. The molecule has 2 N–H and O–H groups in total. The van der Waals surface area contributed by atoms with E-state index in [4.69, 9.17) is 9.84 Å². The Hall–Kier alpha value is -3.59. The first-order valence-electron chi connectivity index (χ1n) is 15.5. The molecule has 3 aromatic rings. The molecule has 2 amide bonds. The van der Waals surface area contributed by atoms with Crippen LogP contribution >= 0.6 is 0 Å². The van der Waals surface area contributed by atoms with Gasteiger partial charge in [-0.25, -0.2) is 4.52 Å². The summed E-state index contributed by atoms with van der Waals surface area (Å²) < 4.78 is 6.96. The first kappa shape index (κ1) is 31.3. The Morgan fingerprint density at radius 1 is 0.976 bits per heavy atom. The predicted octanol–water partition coefficient (Wildman–Crippen LogP) is 5.84. The number of hydrogen-bond acceptors (Lipinski definition) is 6. The van der Waals surface area contributed by atoms with Gasteiger partial charge in [-0.1, -0.05) is 34.1 Å². The number of ether oxygens (including phenoxy) is 1. The lowest BCUT2D eigenvalue weighted by atomic mass is 10.1. The number of aromatic nitrogens is 2. The molecule has 1 fully saturated rings. The maximum absolute atomic E-state index is 13.8. The van der Waals surface area contributed by atoms with Crippen LogP contribution in [0.25, 0.3) is 5.52 Å². The molecule has 2 aromatic heterocycles. The van der Waals surface area contributed by atoms with E-state index in [0.29, 0.717) is 53.9 Å². The number of amides is 2. The van der Waals surface area contributed by atoms with Gasteiger partial charge in [0.1, 0.15) is 11.3 Å². The number of hydrogen-bond donors (Lipinski definition) is 2. The fourth-order valence-electron chi connectivity index (χ4n) is 5.23. The minimum Gasteiger partial charge on any atom is -0.497 e. The van der Waals surface area contributed by atoms with Crippen molar-refractivity contribution in [2.45, 2.75) is 59.8 Å². The number of rotatable bonds is 14. The van der Waals surface area contributed by atoms with Crippen LogP contribution in [0.1, 0.15) is 80.5 Å². The number of fused-ring (bicyclic) bond motifs is 1. The van der Waals surface area contributed by atoms with Crippen LogP contribution in [0.4, 0.5) is 11.5 Å². The number of likely N-dealkylation sites (tertiary alicyclic amines) is 1. The number of carbonyl (C=O) groups is 2. The standard InChI is InChI=1S/C33H48N6O3/c1-24(2)13-19-38(20-14-25(3)4)33(41)26-15-21-39-29(23-26)30(32(40)34-16-22-37-17-7-6-8-18-37)31(36-39)35-27-9-11-28(42-5)12-10-27/h9-12,15,21,23-25H,6-8,13-14,16-20,22H2,1-5H3,(H,34,40)(H,35,36). The van der Waals surface area contributed by atoms with Crippen molar-refractivity contribution < 1.29 is 14.3 Å². The molecular formula is C33H48N6O3. The van der Waals surface area contributed by atoms with Gasteiger partial charge in [0.15, 0.2) is 5.82 Å². The molecule has 42 heavy (non-hydrogen) atoms. The van der Waals surface area contributed by atoms with Crippen molar-refractivity contribution in [2.75, 3.05) is 51.7 Å². The zero-order valence-electron chi connectivity index (χ0n) is 26.0. The van der Waals surface area contributed by atoms with E-state index in [1.165, 1.54) is 19.3 Å². The van der Waals surface area contributed by atoms with Gasteiger partial charge < -0.3 is 25.2 Å². The van der Waals surface area contributed by atoms with E-state index in [-0.39, 0.29) is 11.8 Å². The molecule has 9 nitrogen and oxygen atoms in total. The summed E-state index contributed by atoms with van der Waals surface area (Å²) in [5.74, 6) is 1.97. The van der Waals surface area contributed by atoms with Crippen LogP contribution < -0.4 is 15.4 Å². The quantitative estimate of drug-likeness (QED) is 0.251. The Morgan fingerprint density at radius 3 is 2.26 bits per heavy atom. The van der Waals surface area contributed by atoms with Crippen LogP contribution in [-0.2, 0) is 0 Å². The highest BCUT2D eigenvalue weighted by atomic mass is 16.5. The van der Waals surface area contributed by atoms with Gasteiger partial charge in [0.25, 0.3) is 11.8 Å². The Bertz CT molecular complexity index is 1300. The lowest BCUT2D eigenvalue weighted by Crippen LogP contribution is -2.37. The molecule has 0 unspecified atom stereocenters. The Labute approximate surface area is 250 Å². The summed E-state index contributed by atoms with van der Waals surface area (Å²) >= 11 is 0. The van der Waals surface area contributed by atoms with E-state index in [0.717, 1.165) is 43.9 Å². The second-order valence-corrected chi connectivity index (χ2v) is 12.1. The maximum atomic E-state index is 13.8. The van der Waals surface area contributed by atoms with Crippen LogP contribution in [0.3, 0.4) is 0 Å². The smallest absolute Gasteiger partial charge is 0.257 e. The minimum absolute atomic E-state index is 0.0129. The summed E-state index contributed by atoms with van der Waals surface area (Å²) in [5, 5.41) is 11.1. The zero-order valence-corrected chi connectivity index (χ0v) is 26.0. The first-order valence-corrected chi connectivity index (χ1v) is 15.5. The SMILES string of the molecule is COc1ccc(Nc2nn3ccc(C(=O)N(CCC(C)C)CCC(C)C)cc3c2C(=O)NCCN2CCCCC2)cc1. The maximum Gasteiger partial charge on any atom is 0.257 e. The molecule has 4 rings (SSSR count). The zero-order chi connectivity index (χ0) is 30.1. The molecule has 0 aliphatic carbocycles. The van der Waals surface area contributed by atoms with Gasteiger partial charge in [0, 0.05) is 43.6 Å². The number of piperidine rings is 1. The summed E-state index contributed by atoms with van der Waals surface area (Å²) in [4.78, 5) is 31.8. The normalized spacial score (nSPS) is 14.0. The molecule has 3 heterocycles. The average molecular weight is 577 g/mol. The number of nitrogens with one attached hydrogen (secondary N) is 2. The van der Waals surface area contributed by atoms with Crippen molar-refractivity contribution in [2.24, 2.45) is 11.8 Å². The lowest BCUT2D eigenvalue weighted by molar-refractivity contribution is 0.0740. The topological polar surface area (TPSA) is 91.2 Å². The summed E-state index contributed by atoms with van der Waals surface area (Å²) in [6, 6.07) is 11.1. The predicted molar refractivity (Wildman–Crippen MR) is 169 cm³/mol. The van der Waals surface area contributed by atoms with Gasteiger partial charge in [0.2, 0.25) is 0 Å². The number of pyridine rings is 1. The van der Waals surface area contributed by atoms with Crippen molar-refractivity contribution in [3.8, 4) is 5.75 Å². The van der Waals surface area contributed by atoms with Gasteiger partial charge in [0.05, 0.1) is 12.6 Å². The van der Waals surface area contributed by atoms with Gasteiger partial charge in [-0.15, -0.1) is 5.10 Å². The molecule has 0 bridgehead atoms. The minimum atomic E-state index is -0.209. The molecule has 0 atom stereocenters. The highest BCUT2D eigenvalue weighted by Gasteiger charge is 2.23. The Morgan fingerprint density at radius 2 is 1.64 bits per heavy atom. The number of methoxy groups -OCH3 is 1. The van der Waals surface area contributed by atoms with Gasteiger partial charge in [-0.05, 0) is 87.0 Å². The number of nitrogens with zero attached hydrogens (tertiary/aromatic N) is 4. The number of benzene rings is 1.